The number of hydrogen-bond acceptors (Lipinski definition) is 5. The van der Waals surface area contributed by atoms with Crippen LogP contribution in [0.2, 0.25) is 0 Å². The van der Waals surface area contributed by atoms with Gasteiger partial charge in [-0.25, -0.2) is 4.79 Å². The molecule has 6 nitrogen and oxygen atoms in total. The predicted molar refractivity (Wildman–Crippen MR) is 117 cm³/mol. The third-order valence-electron chi connectivity index (χ3n) is 5.43. The zero-order valence-corrected chi connectivity index (χ0v) is 17.6. The van der Waals surface area contributed by atoms with Crippen LogP contribution in [-0.4, -0.2) is 13.0 Å². The van der Waals surface area contributed by atoms with E-state index in [2.05, 4.69) is 5.32 Å². The summed E-state index contributed by atoms with van der Waals surface area (Å²) in [7, 11) is 1.54. The van der Waals surface area contributed by atoms with Crippen molar-refractivity contribution in [3.8, 4) is 5.75 Å². The Balaban J connectivity index is 1.77. The van der Waals surface area contributed by atoms with Crippen molar-refractivity contribution < 1.29 is 18.4 Å². The fraction of sp³-hybridized carbons (Fsp3) is 0.250. The van der Waals surface area contributed by atoms with Gasteiger partial charge < -0.3 is 18.9 Å². The van der Waals surface area contributed by atoms with Crippen LogP contribution in [0.5, 0.6) is 5.75 Å². The first-order chi connectivity index (χ1) is 14.3. The lowest BCUT2D eigenvalue weighted by molar-refractivity contribution is -0.115. The largest absolute Gasteiger partial charge is 0.495 e. The Bertz CT molecular complexity index is 1360. The summed E-state index contributed by atoms with van der Waals surface area (Å²) in [5, 5.41) is 4.56. The molecule has 6 heteroatoms. The Hall–Kier alpha value is -3.54. The minimum absolute atomic E-state index is 0.115. The maximum Gasteiger partial charge on any atom is 0.340 e. The van der Waals surface area contributed by atoms with Crippen molar-refractivity contribution in [2.75, 3.05) is 12.4 Å². The summed E-state index contributed by atoms with van der Waals surface area (Å²) in [6.45, 7) is 7.68. The van der Waals surface area contributed by atoms with Gasteiger partial charge in [0.1, 0.15) is 16.9 Å². The summed E-state index contributed by atoms with van der Waals surface area (Å²) in [5.74, 6) is 0.229. The molecule has 1 N–H and O–H groups in total. The van der Waals surface area contributed by atoms with Crippen molar-refractivity contribution in [3.05, 3.63) is 68.8 Å². The van der Waals surface area contributed by atoms with Gasteiger partial charge in [-0.3, -0.25) is 4.79 Å². The number of rotatable bonds is 4. The van der Waals surface area contributed by atoms with Crippen LogP contribution in [0.15, 0.2) is 44.2 Å². The molecule has 154 valence electrons. The van der Waals surface area contributed by atoms with E-state index in [0.29, 0.717) is 33.7 Å². The van der Waals surface area contributed by atoms with Gasteiger partial charge in [-0.1, -0.05) is 6.07 Å². The molecule has 0 aliphatic rings. The standard InChI is InChI=1S/C24H23NO5/c1-12-6-7-18(28-5)17(8-12)25-20(26)10-16-15(4)22-19(30-24(16)27)9-13(2)21-14(3)11-29-23(21)22/h6-9,11H,10H2,1-5H3,(H,25,26). The number of methoxy groups -OCH3 is 1. The molecule has 30 heavy (non-hydrogen) atoms. The summed E-state index contributed by atoms with van der Waals surface area (Å²) in [4.78, 5) is 25.4. The lowest BCUT2D eigenvalue weighted by Gasteiger charge is -2.12. The summed E-state index contributed by atoms with van der Waals surface area (Å²) in [5.41, 5.74) is 5.14. The van der Waals surface area contributed by atoms with Crippen molar-refractivity contribution in [2.45, 2.75) is 34.1 Å². The summed E-state index contributed by atoms with van der Waals surface area (Å²) < 4.78 is 16.7. The number of carbonyl (C=O) groups is 1. The van der Waals surface area contributed by atoms with Crippen LogP contribution in [0.1, 0.15) is 27.8 Å². The van der Waals surface area contributed by atoms with Crippen LogP contribution in [-0.2, 0) is 11.2 Å². The zero-order chi connectivity index (χ0) is 21.6. The number of aryl methyl sites for hydroxylation is 4. The Morgan fingerprint density at radius 1 is 1.07 bits per heavy atom. The minimum atomic E-state index is -0.520. The van der Waals surface area contributed by atoms with Gasteiger partial charge in [0.05, 0.1) is 36.4 Å². The van der Waals surface area contributed by atoms with Gasteiger partial charge in [-0.2, -0.15) is 0 Å². The molecule has 0 bridgehead atoms. The average Bonchev–Trinajstić information content (AvgIpc) is 3.07. The quantitative estimate of drug-likeness (QED) is 0.485. The highest BCUT2D eigenvalue weighted by Gasteiger charge is 2.20. The molecule has 2 aromatic heterocycles. The maximum absolute atomic E-state index is 12.8. The summed E-state index contributed by atoms with van der Waals surface area (Å²) in [6.07, 6.45) is 1.58. The van der Waals surface area contributed by atoms with Gasteiger partial charge in [-0.15, -0.1) is 0 Å². The van der Waals surface area contributed by atoms with E-state index in [9.17, 15) is 9.59 Å². The number of amides is 1. The normalized spacial score (nSPS) is 11.2. The van der Waals surface area contributed by atoms with Crippen LogP contribution >= 0.6 is 0 Å². The highest BCUT2D eigenvalue weighted by Crippen LogP contribution is 2.34. The molecule has 2 heterocycles. The van der Waals surface area contributed by atoms with Crippen molar-refractivity contribution >= 4 is 33.5 Å². The SMILES string of the molecule is COc1ccc(C)cc1NC(=O)Cc1c(C)c2c(cc(C)c3c(C)coc32)oc1=O. The fourth-order valence-corrected chi connectivity index (χ4v) is 3.95. The molecular weight excluding hydrogens is 382 g/mol. The van der Waals surface area contributed by atoms with E-state index in [4.69, 9.17) is 13.6 Å². The van der Waals surface area contributed by atoms with Gasteiger partial charge in [0.15, 0.2) is 0 Å². The molecule has 4 rings (SSSR count). The molecule has 0 spiro atoms. The van der Waals surface area contributed by atoms with Gasteiger partial charge in [0, 0.05) is 5.39 Å². The molecule has 4 aromatic rings. The molecule has 0 radical (unpaired) electrons. The maximum atomic E-state index is 12.8. The van der Waals surface area contributed by atoms with Crippen molar-refractivity contribution in [1.29, 1.82) is 0 Å². The van der Waals surface area contributed by atoms with Gasteiger partial charge >= 0.3 is 5.63 Å². The molecule has 0 aliphatic carbocycles. The van der Waals surface area contributed by atoms with E-state index in [1.165, 1.54) is 0 Å². The number of hydrogen-bond donors (Lipinski definition) is 1. The molecule has 0 atom stereocenters. The molecule has 0 aliphatic heterocycles. The Morgan fingerprint density at radius 3 is 2.57 bits per heavy atom. The van der Waals surface area contributed by atoms with E-state index >= 15 is 0 Å². The van der Waals surface area contributed by atoms with Crippen LogP contribution in [0.25, 0.3) is 21.9 Å². The number of anilines is 1. The Kier molecular flexibility index (Phi) is 4.86. The lowest BCUT2D eigenvalue weighted by Crippen LogP contribution is -2.21. The number of nitrogens with one attached hydrogen (secondary N) is 1. The smallest absolute Gasteiger partial charge is 0.340 e. The third kappa shape index (κ3) is 3.24. The van der Waals surface area contributed by atoms with Crippen LogP contribution in [0, 0.1) is 27.7 Å². The third-order valence-corrected chi connectivity index (χ3v) is 5.43. The van der Waals surface area contributed by atoms with Crippen molar-refractivity contribution in [1.82, 2.24) is 0 Å². The Labute approximate surface area is 173 Å². The average molecular weight is 405 g/mol. The number of ether oxygens (including phenoxy) is 1. The van der Waals surface area contributed by atoms with Crippen molar-refractivity contribution in [3.63, 3.8) is 0 Å². The van der Waals surface area contributed by atoms with E-state index in [1.54, 1.807) is 19.4 Å². The number of carbonyl (C=O) groups excluding carboxylic acids is 1. The number of fused-ring (bicyclic) bond motifs is 3. The second kappa shape index (κ2) is 7.37. The second-order valence-electron chi connectivity index (χ2n) is 7.61. The highest BCUT2D eigenvalue weighted by atomic mass is 16.5. The fourth-order valence-electron chi connectivity index (χ4n) is 3.95. The van der Waals surface area contributed by atoms with Crippen LogP contribution in [0.4, 0.5) is 5.69 Å². The van der Waals surface area contributed by atoms with Gasteiger partial charge in [0.25, 0.3) is 0 Å². The summed E-state index contributed by atoms with van der Waals surface area (Å²) >= 11 is 0. The second-order valence-corrected chi connectivity index (χ2v) is 7.61. The van der Waals surface area contributed by atoms with Gasteiger partial charge in [-0.05, 0) is 68.1 Å². The molecule has 0 saturated carbocycles. The van der Waals surface area contributed by atoms with Crippen molar-refractivity contribution in [2.24, 2.45) is 0 Å². The summed E-state index contributed by atoms with van der Waals surface area (Å²) in [6, 6.07) is 7.36. The molecule has 1 amide bonds. The topological polar surface area (TPSA) is 81.7 Å². The minimum Gasteiger partial charge on any atom is -0.495 e. The molecule has 2 aromatic carbocycles. The molecule has 0 fully saturated rings. The highest BCUT2D eigenvalue weighted by molar-refractivity contribution is 6.07. The molecule has 0 unspecified atom stereocenters. The lowest BCUT2D eigenvalue weighted by atomic mass is 9.98. The van der Waals surface area contributed by atoms with Crippen LogP contribution < -0.4 is 15.7 Å². The van der Waals surface area contributed by atoms with E-state index < -0.39 is 5.63 Å². The van der Waals surface area contributed by atoms with E-state index in [1.807, 2.05) is 45.9 Å². The monoisotopic (exact) mass is 405 g/mol. The zero-order valence-electron chi connectivity index (χ0n) is 17.6. The number of furan rings is 1. The first-order valence-corrected chi connectivity index (χ1v) is 9.68. The molecular formula is C24H23NO5. The first-order valence-electron chi connectivity index (χ1n) is 9.68. The number of benzene rings is 2. The van der Waals surface area contributed by atoms with E-state index in [-0.39, 0.29) is 12.3 Å². The first kappa shape index (κ1) is 19.8. The Morgan fingerprint density at radius 2 is 1.83 bits per heavy atom. The molecule has 0 saturated heterocycles. The van der Waals surface area contributed by atoms with Gasteiger partial charge in [0.2, 0.25) is 5.91 Å². The van der Waals surface area contributed by atoms with E-state index in [0.717, 1.165) is 27.5 Å². The van der Waals surface area contributed by atoms with Crippen LogP contribution in [0.3, 0.4) is 0 Å². The predicted octanol–water partition coefficient (Wildman–Crippen LogP) is 4.96.